The van der Waals surface area contributed by atoms with Crippen LogP contribution in [0.3, 0.4) is 0 Å². The first-order chi connectivity index (χ1) is 11.5. The average Bonchev–Trinajstić information content (AvgIpc) is 2.95. The molecule has 0 radical (unpaired) electrons. The second-order valence-corrected chi connectivity index (χ2v) is 7.36. The van der Waals surface area contributed by atoms with E-state index in [1.165, 1.54) is 12.1 Å². The molecule has 0 bridgehead atoms. The summed E-state index contributed by atoms with van der Waals surface area (Å²) < 4.78 is 35.4. The van der Waals surface area contributed by atoms with Crippen LogP contribution in [0.1, 0.15) is 18.1 Å². The molecule has 5 nitrogen and oxygen atoms in total. The van der Waals surface area contributed by atoms with Gasteiger partial charge in [0.25, 0.3) is 10.1 Å². The van der Waals surface area contributed by atoms with Crippen molar-refractivity contribution in [3.8, 4) is 0 Å². The van der Waals surface area contributed by atoms with E-state index in [0.717, 1.165) is 11.1 Å². The smallest absolute Gasteiger partial charge is 0.297 e. The van der Waals surface area contributed by atoms with Crippen LogP contribution >= 0.6 is 0 Å². The summed E-state index contributed by atoms with van der Waals surface area (Å²) in [7, 11) is -3.79. The molecular formula is C18H19NO4S. The number of benzene rings is 2. The van der Waals surface area contributed by atoms with E-state index in [2.05, 4.69) is 4.99 Å². The maximum absolute atomic E-state index is 12.2. The minimum Gasteiger partial charge on any atom is -0.472 e. The van der Waals surface area contributed by atoms with E-state index in [1.54, 1.807) is 12.1 Å². The molecule has 0 aliphatic carbocycles. The molecule has 1 heterocycles. The fraction of sp³-hybridized carbons (Fsp3) is 0.278. The Kier molecular flexibility index (Phi) is 4.69. The van der Waals surface area contributed by atoms with Gasteiger partial charge in [0.05, 0.1) is 11.5 Å². The van der Waals surface area contributed by atoms with Gasteiger partial charge in [-0.25, -0.2) is 4.99 Å². The van der Waals surface area contributed by atoms with Crippen molar-refractivity contribution >= 4 is 16.0 Å². The summed E-state index contributed by atoms with van der Waals surface area (Å²) in [5.74, 6) is 0.518. The zero-order valence-corrected chi connectivity index (χ0v) is 14.4. The third kappa shape index (κ3) is 3.66. The van der Waals surface area contributed by atoms with E-state index in [4.69, 9.17) is 8.92 Å². The number of aliphatic imine (C=N–C) groups is 1. The van der Waals surface area contributed by atoms with Crippen molar-refractivity contribution in [3.63, 3.8) is 0 Å². The predicted octanol–water partition coefficient (Wildman–Crippen LogP) is 2.93. The van der Waals surface area contributed by atoms with Gasteiger partial charge in [-0.15, -0.1) is 0 Å². The Morgan fingerprint density at radius 3 is 2.42 bits per heavy atom. The fourth-order valence-electron chi connectivity index (χ4n) is 2.37. The lowest BCUT2D eigenvalue weighted by molar-refractivity contribution is 0.176. The zero-order chi connectivity index (χ0) is 17.2. The Morgan fingerprint density at radius 1 is 1.08 bits per heavy atom. The van der Waals surface area contributed by atoms with Crippen molar-refractivity contribution in [1.29, 1.82) is 0 Å². The van der Waals surface area contributed by atoms with Gasteiger partial charge < -0.3 is 4.74 Å². The highest BCUT2D eigenvalue weighted by atomic mass is 32.2. The third-order valence-corrected chi connectivity index (χ3v) is 5.14. The number of aryl methyl sites for hydroxylation is 1. The van der Waals surface area contributed by atoms with Crippen LogP contribution < -0.4 is 0 Å². The average molecular weight is 345 g/mol. The van der Waals surface area contributed by atoms with Gasteiger partial charge in [-0.3, -0.25) is 4.18 Å². The molecular weight excluding hydrogens is 326 g/mol. The van der Waals surface area contributed by atoms with E-state index < -0.39 is 10.1 Å². The molecule has 126 valence electrons. The topological polar surface area (TPSA) is 65.0 Å². The van der Waals surface area contributed by atoms with Crippen molar-refractivity contribution in [2.24, 2.45) is 4.99 Å². The number of rotatable bonds is 5. The number of ether oxygens (including phenoxy) is 1. The standard InChI is InChI=1S/C18H19NO4S/c1-13-8-10-16(11-9-13)24(20,21)22-12-17-14(2)23-18(19-17)15-6-4-3-5-7-15/h3-11,14,17H,12H2,1-2H3/t14-,17-/m0/s1. The van der Waals surface area contributed by atoms with Crippen LogP contribution in [0, 0.1) is 6.92 Å². The summed E-state index contributed by atoms with van der Waals surface area (Å²) in [4.78, 5) is 4.60. The summed E-state index contributed by atoms with van der Waals surface area (Å²) in [6.45, 7) is 3.70. The van der Waals surface area contributed by atoms with Gasteiger partial charge in [-0.05, 0) is 38.1 Å². The molecule has 0 N–H and O–H groups in total. The molecule has 0 saturated heterocycles. The molecule has 3 rings (SSSR count). The second kappa shape index (κ2) is 6.75. The van der Waals surface area contributed by atoms with Gasteiger partial charge in [0.15, 0.2) is 0 Å². The third-order valence-electron chi connectivity index (χ3n) is 3.85. The van der Waals surface area contributed by atoms with Crippen molar-refractivity contribution in [2.75, 3.05) is 6.61 Å². The van der Waals surface area contributed by atoms with E-state index in [9.17, 15) is 8.42 Å². The molecule has 1 aliphatic heterocycles. The Balaban J connectivity index is 1.70. The van der Waals surface area contributed by atoms with Crippen LogP contribution in [0.25, 0.3) is 0 Å². The van der Waals surface area contributed by atoms with Crippen LogP contribution in [0.4, 0.5) is 0 Å². The maximum atomic E-state index is 12.2. The molecule has 6 heteroatoms. The van der Waals surface area contributed by atoms with Gasteiger partial charge in [0.1, 0.15) is 12.1 Å². The molecule has 2 atom stereocenters. The van der Waals surface area contributed by atoms with Gasteiger partial charge in [0.2, 0.25) is 5.90 Å². The van der Waals surface area contributed by atoms with Crippen molar-refractivity contribution in [2.45, 2.75) is 30.9 Å². The molecule has 0 unspecified atom stereocenters. The van der Waals surface area contributed by atoms with Crippen LogP contribution in [0.15, 0.2) is 64.5 Å². The Labute approximate surface area is 142 Å². The molecule has 2 aromatic rings. The first-order valence-electron chi connectivity index (χ1n) is 7.72. The fourth-order valence-corrected chi connectivity index (χ4v) is 3.29. The number of hydrogen-bond acceptors (Lipinski definition) is 5. The van der Waals surface area contributed by atoms with Gasteiger partial charge in [-0.2, -0.15) is 8.42 Å². The summed E-state index contributed by atoms with van der Waals surface area (Å²) in [6.07, 6.45) is -0.242. The molecule has 0 saturated carbocycles. The quantitative estimate of drug-likeness (QED) is 0.782. The van der Waals surface area contributed by atoms with Crippen LogP contribution in [-0.4, -0.2) is 33.1 Å². The summed E-state index contributed by atoms with van der Waals surface area (Å²) in [5.41, 5.74) is 1.86. The van der Waals surface area contributed by atoms with Crippen LogP contribution in [-0.2, 0) is 19.0 Å². The Hall–Kier alpha value is -2.18. The molecule has 0 spiro atoms. The van der Waals surface area contributed by atoms with E-state index >= 15 is 0 Å². The minimum atomic E-state index is -3.79. The number of hydrogen-bond donors (Lipinski definition) is 0. The predicted molar refractivity (Wildman–Crippen MR) is 91.6 cm³/mol. The molecule has 0 fully saturated rings. The van der Waals surface area contributed by atoms with Crippen molar-refractivity contribution in [1.82, 2.24) is 0 Å². The van der Waals surface area contributed by atoms with E-state index in [0.29, 0.717) is 5.90 Å². The highest BCUT2D eigenvalue weighted by molar-refractivity contribution is 7.86. The largest absolute Gasteiger partial charge is 0.472 e. The highest BCUT2D eigenvalue weighted by Crippen LogP contribution is 2.20. The lowest BCUT2D eigenvalue weighted by atomic mass is 10.2. The van der Waals surface area contributed by atoms with Crippen LogP contribution in [0.2, 0.25) is 0 Å². The van der Waals surface area contributed by atoms with E-state index in [1.807, 2.05) is 44.2 Å². The SMILES string of the molecule is Cc1ccc(S(=O)(=O)OC[C@@H]2N=C(c3ccccc3)O[C@H]2C)cc1. The van der Waals surface area contributed by atoms with Crippen molar-refractivity contribution in [3.05, 3.63) is 65.7 Å². The van der Waals surface area contributed by atoms with Gasteiger partial charge >= 0.3 is 0 Å². The van der Waals surface area contributed by atoms with Gasteiger partial charge in [-0.1, -0.05) is 35.9 Å². The minimum absolute atomic E-state index is 0.0479. The maximum Gasteiger partial charge on any atom is 0.297 e. The molecule has 0 amide bonds. The molecule has 1 aliphatic rings. The molecule has 2 aromatic carbocycles. The monoisotopic (exact) mass is 345 g/mol. The van der Waals surface area contributed by atoms with Gasteiger partial charge in [0, 0.05) is 5.56 Å². The zero-order valence-electron chi connectivity index (χ0n) is 13.5. The summed E-state index contributed by atoms with van der Waals surface area (Å²) in [5, 5.41) is 0. The molecule has 0 aromatic heterocycles. The van der Waals surface area contributed by atoms with Crippen molar-refractivity contribution < 1.29 is 17.3 Å². The summed E-state index contributed by atoms with van der Waals surface area (Å²) in [6, 6.07) is 15.7. The second-order valence-electron chi connectivity index (χ2n) is 5.74. The number of nitrogens with zero attached hydrogens (tertiary/aromatic N) is 1. The first-order valence-corrected chi connectivity index (χ1v) is 9.12. The lowest BCUT2D eigenvalue weighted by Gasteiger charge is -2.13. The Bertz CT molecular complexity index is 829. The van der Waals surface area contributed by atoms with E-state index in [-0.39, 0.29) is 23.6 Å². The normalized spacial score (nSPS) is 20.5. The molecule has 24 heavy (non-hydrogen) atoms. The highest BCUT2D eigenvalue weighted by Gasteiger charge is 2.30. The summed E-state index contributed by atoms with van der Waals surface area (Å²) >= 11 is 0. The van der Waals surface area contributed by atoms with Crippen LogP contribution in [0.5, 0.6) is 0 Å². The Morgan fingerprint density at radius 2 is 1.75 bits per heavy atom. The first kappa shape index (κ1) is 16.7. The lowest BCUT2D eigenvalue weighted by Crippen LogP contribution is -2.25.